The zero-order chi connectivity index (χ0) is 21.7. The zero-order valence-electron chi connectivity index (χ0n) is 16.5. The topological polar surface area (TPSA) is 84.2 Å². The summed E-state index contributed by atoms with van der Waals surface area (Å²) in [6.07, 6.45) is 1.53. The summed E-state index contributed by atoms with van der Waals surface area (Å²) in [5.41, 5.74) is 2.92. The number of benzene rings is 2. The van der Waals surface area contributed by atoms with E-state index in [9.17, 15) is 10.1 Å². The normalized spacial score (nSPS) is 11.0. The molecule has 152 valence electrons. The SMILES string of the molecule is COc1cc(NC=C(C#N)c2nc(-c3ccc(Cl)cc3)cs2)c(C(C)=O)cc1OC. The molecule has 0 aliphatic rings. The van der Waals surface area contributed by atoms with E-state index < -0.39 is 0 Å². The number of allylic oxidation sites excluding steroid dienone is 1. The van der Waals surface area contributed by atoms with E-state index in [-0.39, 0.29) is 5.78 Å². The standard InChI is InChI=1S/C22H18ClN3O3S/c1-13(27)17-8-20(28-2)21(29-3)9-18(17)25-11-15(10-24)22-26-19(12-30-22)14-4-6-16(23)7-5-14/h4-9,11-12,25H,1-3H3. The minimum Gasteiger partial charge on any atom is -0.493 e. The Morgan fingerprint density at radius 3 is 2.47 bits per heavy atom. The first-order valence-electron chi connectivity index (χ1n) is 8.82. The summed E-state index contributed by atoms with van der Waals surface area (Å²) in [7, 11) is 3.02. The molecule has 6 nitrogen and oxygen atoms in total. The van der Waals surface area contributed by atoms with Gasteiger partial charge in [-0.1, -0.05) is 23.7 Å². The zero-order valence-corrected chi connectivity index (χ0v) is 18.1. The molecule has 0 bridgehead atoms. The number of nitrogens with one attached hydrogen (secondary N) is 1. The van der Waals surface area contributed by atoms with Gasteiger partial charge in [-0.2, -0.15) is 5.26 Å². The van der Waals surface area contributed by atoms with Crippen LogP contribution in [0.3, 0.4) is 0 Å². The monoisotopic (exact) mass is 439 g/mol. The lowest BCUT2D eigenvalue weighted by Crippen LogP contribution is -2.03. The van der Waals surface area contributed by atoms with Crippen molar-refractivity contribution < 1.29 is 14.3 Å². The Bertz CT molecular complexity index is 1150. The maximum absolute atomic E-state index is 12.1. The quantitative estimate of drug-likeness (QED) is 0.377. The van der Waals surface area contributed by atoms with E-state index in [1.165, 1.54) is 38.7 Å². The fourth-order valence-electron chi connectivity index (χ4n) is 2.73. The molecule has 2 aromatic carbocycles. The summed E-state index contributed by atoms with van der Waals surface area (Å²) >= 11 is 7.29. The number of ketones is 1. The predicted molar refractivity (Wildman–Crippen MR) is 119 cm³/mol. The highest BCUT2D eigenvalue weighted by atomic mass is 35.5. The Morgan fingerprint density at radius 2 is 1.87 bits per heavy atom. The molecule has 0 saturated heterocycles. The van der Waals surface area contributed by atoms with Gasteiger partial charge < -0.3 is 14.8 Å². The summed E-state index contributed by atoms with van der Waals surface area (Å²) in [4.78, 5) is 16.6. The highest BCUT2D eigenvalue weighted by molar-refractivity contribution is 7.11. The lowest BCUT2D eigenvalue weighted by atomic mass is 10.1. The molecule has 0 fully saturated rings. The molecule has 3 aromatic rings. The van der Waals surface area contributed by atoms with E-state index in [0.29, 0.717) is 38.4 Å². The second-order valence-corrected chi connectivity index (χ2v) is 7.46. The summed E-state index contributed by atoms with van der Waals surface area (Å²) in [5.74, 6) is 0.770. The molecule has 0 amide bonds. The van der Waals surface area contributed by atoms with Gasteiger partial charge in [-0.05, 0) is 25.1 Å². The van der Waals surface area contributed by atoms with Gasteiger partial charge in [0.1, 0.15) is 16.6 Å². The van der Waals surface area contributed by atoms with E-state index in [4.69, 9.17) is 21.1 Å². The molecule has 30 heavy (non-hydrogen) atoms. The molecule has 0 aliphatic carbocycles. The molecule has 0 atom stereocenters. The summed E-state index contributed by atoms with van der Waals surface area (Å²) < 4.78 is 10.6. The Hall–Kier alpha value is -3.34. The van der Waals surface area contributed by atoms with Crippen molar-refractivity contribution >= 4 is 40.0 Å². The number of hydrogen-bond acceptors (Lipinski definition) is 7. The first-order valence-corrected chi connectivity index (χ1v) is 10.1. The van der Waals surface area contributed by atoms with E-state index in [0.717, 1.165) is 11.3 Å². The molecule has 0 spiro atoms. The van der Waals surface area contributed by atoms with Crippen LogP contribution < -0.4 is 14.8 Å². The van der Waals surface area contributed by atoms with Gasteiger partial charge in [0.05, 0.1) is 25.6 Å². The second kappa shape index (κ2) is 9.44. The van der Waals surface area contributed by atoms with E-state index in [2.05, 4.69) is 16.4 Å². The van der Waals surface area contributed by atoms with Gasteiger partial charge in [-0.25, -0.2) is 4.98 Å². The number of halogens is 1. The van der Waals surface area contributed by atoms with Crippen LogP contribution >= 0.6 is 22.9 Å². The molecule has 1 heterocycles. The maximum Gasteiger partial charge on any atom is 0.162 e. The van der Waals surface area contributed by atoms with Crippen molar-refractivity contribution in [2.75, 3.05) is 19.5 Å². The number of ether oxygens (including phenoxy) is 2. The lowest BCUT2D eigenvalue weighted by molar-refractivity contribution is 0.101. The van der Waals surface area contributed by atoms with Gasteiger partial charge >= 0.3 is 0 Å². The number of rotatable bonds is 7. The van der Waals surface area contributed by atoms with Crippen LogP contribution in [0.1, 0.15) is 22.3 Å². The predicted octanol–water partition coefficient (Wildman–Crippen LogP) is 5.66. The summed E-state index contributed by atoms with van der Waals surface area (Å²) in [6, 6.07) is 12.7. The maximum atomic E-state index is 12.1. The van der Waals surface area contributed by atoms with Crippen LogP contribution in [0.5, 0.6) is 11.5 Å². The number of nitrogens with zero attached hydrogens (tertiary/aromatic N) is 2. The molecule has 3 rings (SSSR count). The number of hydrogen-bond donors (Lipinski definition) is 1. The van der Waals surface area contributed by atoms with Crippen molar-refractivity contribution in [3.63, 3.8) is 0 Å². The minimum absolute atomic E-state index is 0.148. The molecule has 0 saturated carbocycles. The Labute approximate surface area is 183 Å². The first-order chi connectivity index (χ1) is 14.5. The fraction of sp³-hybridized carbons (Fsp3) is 0.136. The molecule has 0 radical (unpaired) electrons. The molecule has 8 heteroatoms. The number of anilines is 1. The largest absolute Gasteiger partial charge is 0.493 e. The van der Waals surface area contributed by atoms with Gasteiger partial charge in [0.25, 0.3) is 0 Å². The molecule has 0 aliphatic heterocycles. The van der Waals surface area contributed by atoms with Gasteiger partial charge in [0.15, 0.2) is 17.3 Å². The van der Waals surface area contributed by atoms with Gasteiger partial charge in [-0.15, -0.1) is 11.3 Å². The second-order valence-electron chi connectivity index (χ2n) is 6.17. The van der Waals surface area contributed by atoms with E-state index in [1.807, 2.05) is 17.5 Å². The number of thiazole rings is 1. The van der Waals surface area contributed by atoms with Gasteiger partial charge in [0, 0.05) is 33.8 Å². The summed E-state index contributed by atoms with van der Waals surface area (Å²) in [6.45, 7) is 1.46. The van der Waals surface area contributed by atoms with Crippen LogP contribution in [-0.2, 0) is 0 Å². The molecular formula is C22H18ClN3O3S. The van der Waals surface area contributed by atoms with Crippen molar-refractivity contribution in [3.05, 3.63) is 63.6 Å². The van der Waals surface area contributed by atoms with Crippen LogP contribution in [0.2, 0.25) is 5.02 Å². The third-order valence-electron chi connectivity index (χ3n) is 4.27. The lowest BCUT2D eigenvalue weighted by Gasteiger charge is -2.13. The molecule has 0 unspecified atom stereocenters. The minimum atomic E-state index is -0.148. The third-order valence-corrected chi connectivity index (χ3v) is 5.40. The molecule has 1 aromatic heterocycles. The van der Waals surface area contributed by atoms with Crippen LogP contribution in [0, 0.1) is 11.3 Å². The average Bonchev–Trinajstić information content (AvgIpc) is 3.24. The number of nitriles is 1. The van der Waals surface area contributed by atoms with Crippen LogP contribution in [-0.4, -0.2) is 25.0 Å². The van der Waals surface area contributed by atoms with Crippen molar-refractivity contribution in [2.24, 2.45) is 0 Å². The van der Waals surface area contributed by atoms with Crippen molar-refractivity contribution in [1.29, 1.82) is 5.26 Å². The Balaban J connectivity index is 1.92. The van der Waals surface area contributed by atoms with Crippen molar-refractivity contribution in [3.8, 4) is 28.8 Å². The average molecular weight is 440 g/mol. The fourth-order valence-corrected chi connectivity index (χ4v) is 3.65. The van der Waals surface area contributed by atoms with E-state index in [1.54, 1.807) is 24.3 Å². The highest BCUT2D eigenvalue weighted by Gasteiger charge is 2.15. The molecular weight excluding hydrogens is 422 g/mol. The number of carbonyl (C=O) groups is 1. The highest BCUT2D eigenvalue weighted by Crippen LogP contribution is 2.34. The first kappa shape index (κ1) is 21.4. The Kier molecular flexibility index (Phi) is 6.72. The van der Waals surface area contributed by atoms with Crippen LogP contribution in [0.15, 0.2) is 48.0 Å². The van der Waals surface area contributed by atoms with Crippen molar-refractivity contribution in [2.45, 2.75) is 6.92 Å². The number of Topliss-reactive ketones (excluding diaryl/α,β-unsaturated/α-hetero) is 1. The third kappa shape index (κ3) is 4.62. The summed E-state index contributed by atoms with van der Waals surface area (Å²) in [5, 5.41) is 15.7. The van der Waals surface area contributed by atoms with Gasteiger partial charge in [0.2, 0.25) is 0 Å². The molecule has 1 N–H and O–H groups in total. The van der Waals surface area contributed by atoms with E-state index >= 15 is 0 Å². The van der Waals surface area contributed by atoms with Crippen LogP contribution in [0.4, 0.5) is 5.69 Å². The number of carbonyl (C=O) groups excluding carboxylic acids is 1. The number of methoxy groups -OCH3 is 2. The van der Waals surface area contributed by atoms with Crippen molar-refractivity contribution in [1.82, 2.24) is 4.98 Å². The smallest absolute Gasteiger partial charge is 0.162 e. The number of aromatic nitrogens is 1. The van der Waals surface area contributed by atoms with Crippen LogP contribution in [0.25, 0.3) is 16.8 Å². The Morgan fingerprint density at radius 1 is 1.20 bits per heavy atom. The van der Waals surface area contributed by atoms with Gasteiger partial charge in [-0.3, -0.25) is 4.79 Å².